The Hall–Kier alpha value is -1.61. The third-order valence-corrected chi connectivity index (χ3v) is 2.92. The maximum Gasteiger partial charge on any atom is 0.0950 e. The summed E-state index contributed by atoms with van der Waals surface area (Å²) in [6, 6.07) is 10.6. The molecule has 3 nitrogen and oxygen atoms in total. The van der Waals surface area contributed by atoms with Gasteiger partial charge in [-0.15, -0.1) is 0 Å². The minimum Gasteiger partial charge on any atom is -0.337 e. The van der Waals surface area contributed by atoms with Crippen molar-refractivity contribution in [2.45, 2.75) is 32.9 Å². The van der Waals surface area contributed by atoms with E-state index >= 15 is 0 Å². The van der Waals surface area contributed by atoms with Crippen LogP contribution in [0.2, 0.25) is 0 Å². The Labute approximate surface area is 109 Å². The highest BCUT2D eigenvalue weighted by Crippen LogP contribution is 2.03. The first-order valence-corrected chi connectivity index (χ1v) is 6.64. The number of aromatic nitrogens is 2. The predicted octanol–water partition coefficient (Wildman–Crippen LogP) is 2.63. The Kier molecular flexibility index (Phi) is 4.97. The summed E-state index contributed by atoms with van der Waals surface area (Å²) in [4.78, 5) is 4.40. The zero-order valence-electron chi connectivity index (χ0n) is 11.0. The second-order valence-electron chi connectivity index (χ2n) is 4.52. The van der Waals surface area contributed by atoms with Crippen LogP contribution < -0.4 is 5.32 Å². The summed E-state index contributed by atoms with van der Waals surface area (Å²) in [5.41, 5.74) is 2.49. The van der Waals surface area contributed by atoms with E-state index in [4.69, 9.17) is 0 Å². The fraction of sp³-hybridized carbons (Fsp3) is 0.400. The molecule has 0 radical (unpaired) electrons. The molecule has 0 bridgehead atoms. The van der Waals surface area contributed by atoms with Gasteiger partial charge in [-0.25, -0.2) is 4.98 Å². The van der Waals surface area contributed by atoms with Crippen LogP contribution in [-0.2, 0) is 19.5 Å². The molecule has 0 unspecified atom stereocenters. The number of rotatable bonds is 7. The van der Waals surface area contributed by atoms with E-state index in [0.29, 0.717) is 0 Å². The van der Waals surface area contributed by atoms with E-state index in [0.717, 1.165) is 38.2 Å². The summed E-state index contributed by atoms with van der Waals surface area (Å²) in [6.45, 7) is 5.08. The first-order valence-electron chi connectivity index (χ1n) is 6.64. The zero-order chi connectivity index (χ0) is 12.6. The van der Waals surface area contributed by atoms with Gasteiger partial charge in [-0.05, 0) is 24.9 Å². The van der Waals surface area contributed by atoms with Gasteiger partial charge in [-0.1, -0.05) is 37.3 Å². The van der Waals surface area contributed by atoms with Crippen molar-refractivity contribution in [2.24, 2.45) is 0 Å². The van der Waals surface area contributed by atoms with Gasteiger partial charge in [0.25, 0.3) is 0 Å². The quantitative estimate of drug-likeness (QED) is 0.758. The first kappa shape index (κ1) is 12.8. The van der Waals surface area contributed by atoms with Crippen LogP contribution in [0.1, 0.15) is 24.6 Å². The predicted molar refractivity (Wildman–Crippen MR) is 74.4 cm³/mol. The van der Waals surface area contributed by atoms with E-state index in [9.17, 15) is 0 Å². The fourth-order valence-corrected chi connectivity index (χ4v) is 1.92. The van der Waals surface area contributed by atoms with Gasteiger partial charge in [0.05, 0.1) is 12.0 Å². The molecule has 0 aliphatic carbocycles. The lowest BCUT2D eigenvalue weighted by Crippen LogP contribution is -2.13. The van der Waals surface area contributed by atoms with Crippen molar-refractivity contribution in [3.63, 3.8) is 0 Å². The molecular formula is C15H21N3. The molecule has 0 saturated carbocycles. The van der Waals surface area contributed by atoms with Gasteiger partial charge in [0.15, 0.2) is 0 Å². The molecule has 18 heavy (non-hydrogen) atoms. The second kappa shape index (κ2) is 6.97. The molecule has 1 heterocycles. The Balaban J connectivity index is 1.80. The van der Waals surface area contributed by atoms with Crippen LogP contribution in [0.3, 0.4) is 0 Å². The second-order valence-corrected chi connectivity index (χ2v) is 4.52. The van der Waals surface area contributed by atoms with Crippen molar-refractivity contribution in [3.05, 3.63) is 54.1 Å². The lowest BCUT2D eigenvalue weighted by molar-refractivity contribution is 0.662. The zero-order valence-corrected chi connectivity index (χ0v) is 11.0. The number of aryl methyl sites for hydroxylation is 2. The molecule has 0 amide bonds. The molecule has 96 valence electrons. The van der Waals surface area contributed by atoms with Crippen LogP contribution in [0, 0.1) is 0 Å². The molecule has 3 heteroatoms. The van der Waals surface area contributed by atoms with E-state index in [1.165, 1.54) is 5.56 Å². The lowest BCUT2D eigenvalue weighted by atomic mass is 10.1. The van der Waals surface area contributed by atoms with Crippen molar-refractivity contribution in [1.29, 1.82) is 0 Å². The maximum absolute atomic E-state index is 4.40. The number of nitrogens with one attached hydrogen (secondary N) is 1. The third kappa shape index (κ3) is 4.00. The SMILES string of the molecule is CCCNCc1cn(CCc2ccccc2)cn1. The van der Waals surface area contributed by atoms with E-state index in [-0.39, 0.29) is 0 Å². The van der Waals surface area contributed by atoms with Gasteiger partial charge in [0.2, 0.25) is 0 Å². The van der Waals surface area contributed by atoms with Gasteiger partial charge in [0, 0.05) is 19.3 Å². The van der Waals surface area contributed by atoms with E-state index in [1.54, 1.807) is 0 Å². The molecule has 0 aliphatic heterocycles. The molecule has 2 aromatic rings. The molecule has 2 rings (SSSR count). The van der Waals surface area contributed by atoms with Gasteiger partial charge in [0.1, 0.15) is 0 Å². The van der Waals surface area contributed by atoms with E-state index in [2.05, 4.69) is 58.3 Å². The standard InChI is InChI=1S/C15H21N3/c1-2-9-16-11-15-12-18(13-17-15)10-8-14-6-4-3-5-7-14/h3-7,12-13,16H,2,8-11H2,1H3. The summed E-state index contributed by atoms with van der Waals surface area (Å²) in [7, 11) is 0. The summed E-state index contributed by atoms with van der Waals surface area (Å²) in [5.74, 6) is 0. The molecular weight excluding hydrogens is 222 g/mol. The molecule has 0 spiro atoms. The summed E-state index contributed by atoms with van der Waals surface area (Å²) in [5, 5.41) is 3.36. The molecule has 1 N–H and O–H groups in total. The van der Waals surface area contributed by atoms with Crippen LogP contribution in [0.5, 0.6) is 0 Å². The number of benzene rings is 1. The number of imidazole rings is 1. The molecule has 0 atom stereocenters. The number of hydrogen-bond donors (Lipinski definition) is 1. The lowest BCUT2D eigenvalue weighted by Gasteiger charge is -2.02. The van der Waals surface area contributed by atoms with Gasteiger partial charge < -0.3 is 9.88 Å². The molecule has 1 aromatic carbocycles. The Morgan fingerprint density at radius 2 is 2.06 bits per heavy atom. The van der Waals surface area contributed by atoms with Gasteiger partial charge >= 0.3 is 0 Å². The highest BCUT2D eigenvalue weighted by atomic mass is 15.0. The van der Waals surface area contributed by atoms with Crippen molar-refractivity contribution in [1.82, 2.24) is 14.9 Å². The molecule has 0 aliphatic rings. The summed E-state index contributed by atoms with van der Waals surface area (Å²) in [6.07, 6.45) is 6.27. The number of nitrogens with zero attached hydrogens (tertiary/aromatic N) is 2. The first-order chi connectivity index (χ1) is 8.88. The van der Waals surface area contributed by atoms with Crippen LogP contribution in [0.15, 0.2) is 42.9 Å². The molecule has 1 aromatic heterocycles. The van der Waals surface area contributed by atoms with Crippen LogP contribution >= 0.6 is 0 Å². The Morgan fingerprint density at radius 1 is 1.22 bits per heavy atom. The minimum atomic E-state index is 0.867. The van der Waals surface area contributed by atoms with Crippen LogP contribution in [0.25, 0.3) is 0 Å². The highest BCUT2D eigenvalue weighted by molar-refractivity contribution is 5.14. The topological polar surface area (TPSA) is 29.9 Å². The van der Waals surface area contributed by atoms with Crippen molar-refractivity contribution in [3.8, 4) is 0 Å². The highest BCUT2D eigenvalue weighted by Gasteiger charge is 1.98. The minimum absolute atomic E-state index is 0.867. The average Bonchev–Trinajstić information content (AvgIpc) is 2.86. The third-order valence-electron chi connectivity index (χ3n) is 2.92. The van der Waals surface area contributed by atoms with Crippen molar-refractivity contribution in [2.75, 3.05) is 6.54 Å². The van der Waals surface area contributed by atoms with Gasteiger partial charge in [-0.2, -0.15) is 0 Å². The van der Waals surface area contributed by atoms with Crippen LogP contribution in [0.4, 0.5) is 0 Å². The number of hydrogen-bond acceptors (Lipinski definition) is 2. The van der Waals surface area contributed by atoms with E-state index in [1.807, 2.05) is 6.33 Å². The van der Waals surface area contributed by atoms with Crippen molar-refractivity contribution < 1.29 is 0 Å². The monoisotopic (exact) mass is 243 g/mol. The normalized spacial score (nSPS) is 10.7. The van der Waals surface area contributed by atoms with E-state index < -0.39 is 0 Å². The Bertz CT molecular complexity index is 448. The van der Waals surface area contributed by atoms with Crippen molar-refractivity contribution >= 4 is 0 Å². The fourth-order valence-electron chi connectivity index (χ4n) is 1.92. The maximum atomic E-state index is 4.40. The molecule has 0 saturated heterocycles. The van der Waals surface area contributed by atoms with Crippen LogP contribution in [-0.4, -0.2) is 16.1 Å². The van der Waals surface area contributed by atoms with Gasteiger partial charge in [-0.3, -0.25) is 0 Å². The summed E-state index contributed by atoms with van der Waals surface area (Å²) >= 11 is 0. The summed E-state index contributed by atoms with van der Waals surface area (Å²) < 4.78 is 2.16. The average molecular weight is 243 g/mol. The smallest absolute Gasteiger partial charge is 0.0950 e. The largest absolute Gasteiger partial charge is 0.337 e. The molecule has 0 fully saturated rings. The Morgan fingerprint density at radius 3 is 2.83 bits per heavy atom.